The number of hydrazine groups is 1. The van der Waals surface area contributed by atoms with Crippen LogP contribution >= 0.6 is 0 Å². The SMILES string of the molecule is C#Cc1c(F)ccc2cc(O)cc(-c3ncc4c(N5CCCC(O)CN5C(=O)OC(C)(C)C)nc(OC[C@@]56CCCN5C[C@H](F)C6)nc4c3F)c12. The van der Waals surface area contributed by atoms with Crippen LogP contribution in [0.15, 0.2) is 30.5 Å². The molecule has 2 aromatic carbocycles. The zero-order valence-corrected chi connectivity index (χ0v) is 28.6. The lowest BCUT2D eigenvalue weighted by Gasteiger charge is -2.36. The molecule has 2 aromatic heterocycles. The first-order chi connectivity index (χ1) is 24.3. The molecule has 3 aliphatic rings. The molecular weight excluding hydrogens is 665 g/mol. The molecule has 3 atom stereocenters. The Balaban J connectivity index is 1.41. The molecule has 5 heterocycles. The first kappa shape index (κ1) is 34.6. The number of aromatic hydroxyl groups is 1. The predicted octanol–water partition coefficient (Wildman–Crippen LogP) is 5.88. The zero-order valence-electron chi connectivity index (χ0n) is 28.6. The lowest BCUT2D eigenvalue weighted by molar-refractivity contribution is 0.0143. The number of alkyl halides is 1. The maximum absolute atomic E-state index is 17.0. The Labute approximate surface area is 293 Å². The second-order valence-corrected chi connectivity index (χ2v) is 14.5. The van der Waals surface area contributed by atoms with Gasteiger partial charge in [-0.3, -0.25) is 14.9 Å². The van der Waals surface area contributed by atoms with Crippen LogP contribution in [0.25, 0.3) is 32.9 Å². The summed E-state index contributed by atoms with van der Waals surface area (Å²) in [6.07, 6.45) is 7.08. The molecule has 4 aromatic rings. The molecule has 3 fully saturated rings. The molecular formula is C37H39F3N6O5. The lowest BCUT2D eigenvalue weighted by Crippen LogP contribution is -2.50. The fourth-order valence-electron chi connectivity index (χ4n) is 7.57. The smallest absolute Gasteiger partial charge is 0.429 e. The Morgan fingerprint density at radius 3 is 2.73 bits per heavy atom. The van der Waals surface area contributed by atoms with E-state index in [0.29, 0.717) is 31.2 Å². The molecule has 14 heteroatoms. The van der Waals surface area contributed by atoms with E-state index in [0.717, 1.165) is 13.0 Å². The average Bonchev–Trinajstić information content (AvgIpc) is 3.51. The number of benzene rings is 2. The van der Waals surface area contributed by atoms with E-state index in [2.05, 4.69) is 25.8 Å². The number of amides is 1. The van der Waals surface area contributed by atoms with E-state index in [1.54, 1.807) is 20.8 Å². The molecule has 0 aliphatic carbocycles. The van der Waals surface area contributed by atoms with Crippen LogP contribution in [-0.2, 0) is 4.74 Å². The van der Waals surface area contributed by atoms with Crippen molar-refractivity contribution < 1.29 is 37.7 Å². The number of aliphatic hydroxyl groups is 1. The van der Waals surface area contributed by atoms with Crippen LogP contribution in [0.1, 0.15) is 58.4 Å². The Hall–Kier alpha value is -4.87. The molecule has 268 valence electrons. The molecule has 3 saturated heterocycles. The first-order valence-electron chi connectivity index (χ1n) is 17.0. The van der Waals surface area contributed by atoms with Gasteiger partial charge >= 0.3 is 12.1 Å². The van der Waals surface area contributed by atoms with Crippen molar-refractivity contribution in [3.8, 4) is 35.4 Å². The van der Waals surface area contributed by atoms with Crippen molar-refractivity contribution >= 4 is 33.6 Å². The number of phenols is 1. The fourth-order valence-corrected chi connectivity index (χ4v) is 7.57. The van der Waals surface area contributed by atoms with E-state index in [4.69, 9.17) is 15.9 Å². The van der Waals surface area contributed by atoms with Gasteiger partial charge in [0.1, 0.15) is 41.2 Å². The van der Waals surface area contributed by atoms with E-state index in [1.807, 2.05) is 0 Å². The van der Waals surface area contributed by atoms with Crippen LogP contribution in [0, 0.1) is 24.0 Å². The van der Waals surface area contributed by atoms with Crippen LogP contribution in [-0.4, -0.2) is 97.4 Å². The summed E-state index contributed by atoms with van der Waals surface area (Å²) in [6, 6.07) is 5.02. The number of nitrogens with zero attached hydrogens (tertiary/aromatic N) is 6. The molecule has 51 heavy (non-hydrogen) atoms. The van der Waals surface area contributed by atoms with Gasteiger partial charge in [-0.1, -0.05) is 12.0 Å². The van der Waals surface area contributed by atoms with Crippen LogP contribution in [0.4, 0.5) is 23.8 Å². The molecule has 0 radical (unpaired) electrons. The summed E-state index contributed by atoms with van der Waals surface area (Å²) >= 11 is 0. The minimum Gasteiger partial charge on any atom is -0.508 e. The molecule has 0 bridgehead atoms. The second kappa shape index (κ2) is 13.0. The minimum absolute atomic E-state index is 0.0354. The quantitative estimate of drug-likeness (QED) is 0.244. The maximum Gasteiger partial charge on any atom is 0.429 e. The molecule has 0 spiro atoms. The highest BCUT2D eigenvalue weighted by molar-refractivity contribution is 6.03. The van der Waals surface area contributed by atoms with E-state index < -0.39 is 41.1 Å². The van der Waals surface area contributed by atoms with Crippen molar-refractivity contribution in [3.63, 3.8) is 0 Å². The van der Waals surface area contributed by atoms with Gasteiger partial charge in [0, 0.05) is 36.7 Å². The molecule has 1 unspecified atom stereocenters. The second-order valence-electron chi connectivity index (χ2n) is 14.5. The van der Waals surface area contributed by atoms with Crippen LogP contribution < -0.4 is 9.75 Å². The van der Waals surface area contributed by atoms with Crippen molar-refractivity contribution in [1.82, 2.24) is 24.9 Å². The van der Waals surface area contributed by atoms with Gasteiger partial charge in [-0.05, 0) is 76.6 Å². The largest absolute Gasteiger partial charge is 0.508 e. The van der Waals surface area contributed by atoms with Gasteiger partial charge in [-0.15, -0.1) is 6.42 Å². The third kappa shape index (κ3) is 6.45. The summed E-state index contributed by atoms with van der Waals surface area (Å²) in [5.74, 6) is 0.536. The zero-order chi connectivity index (χ0) is 36.2. The Morgan fingerprint density at radius 1 is 1.16 bits per heavy atom. The highest BCUT2D eigenvalue weighted by atomic mass is 19.1. The van der Waals surface area contributed by atoms with Crippen LogP contribution in [0.5, 0.6) is 11.8 Å². The average molecular weight is 705 g/mol. The van der Waals surface area contributed by atoms with Crippen molar-refractivity contribution in [2.45, 2.75) is 76.3 Å². The monoisotopic (exact) mass is 704 g/mol. The van der Waals surface area contributed by atoms with E-state index in [9.17, 15) is 23.8 Å². The number of β-amino-alcohol motifs (C(OH)–C–C–N with tert-alkyl or cyclic N) is 1. The Morgan fingerprint density at radius 2 is 1.96 bits per heavy atom. The van der Waals surface area contributed by atoms with Crippen molar-refractivity contribution in [1.29, 1.82) is 0 Å². The highest BCUT2D eigenvalue weighted by Crippen LogP contribution is 2.42. The standard InChI is InChI=1S/C37H39F3N6O5/c1-5-25-28(39)10-9-21-14-24(48)15-26(29(21)25)31-30(40)32-27(17-41-31)33(45-13-6-8-23(47)19-46(45)35(49)51-36(2,3)4)43-34(42-32)50-20-37-11-7-12-44(37)18-22(38)16-37/h1,9-10,14-15,17,22-23,47-48H,6-8,11-13,16,18-20H2,2-4H3/t22-,23?,37+/m1/s1. The predicted molar refractivity (Wildman–Crippen MR) is 184 cm³/mol. The number of phenolic OH excluding ortho intramolecular Hbond substituents is 1. The fraction of sp³-hybridized carbons (Fsp3) is 0.459. The summed E-state index contributed by atoms with van der Waals surface area (Å²) in [7, 11) is 0. The number of fused-ring (bicyclic) bond motifs is 3. The van der Waals surface area contributed by atoms with Gasteiger partial charge in [-0.2, -0.15) is 9.97 Å². The minimum atomic E-state index is -1.01. The van der Waals surface area contributed by atoms with E-state index >= 15 is 4.39 Å². The highest BCUT2D eigenvalue weighted by Gasteiger charge is 2.49. The van der Waals surface area contributed by atoms with Crippen molar-refractivity contribution in [2.24, 2.45) is 0 Å². The van der Waals surface area contributed by atoms with Crippen molar-refractivity contribution in [3.05, 3.63) is 47.7 Å². The van der Waals surface area contributed by atoms with Gasteiger partial charge in [-0.25, -0.2) is 23.0 Å². The molecule has 11 nitrogen and oxygen atoms in total. The third-order valence-electron chi connectivity index (χ3n) is 9.76. The van der Waals surface area contributed by atoms with Gasteiger partial charge in [0.15, 0.2) is 11.6 Å². The Bertz CT molecular complexity index is 2070. The number of hydrogen-bond acceptors (Lipinski definition) is 10. The molecule has 3 aliphatic heterocycles. The van der Waals surface area contributed by atoms with Gasteiger partial charge < -0.3 is 19.7 Å². The molecule has 0 saturated carbocycles. The number of rotatable bonds is 5. The third-order valence-corrected chi connectivity index (χ3v) is 9.76. The summed E-state index contributed by atoms with van der Waals surface area (Å²) < 4.78 is 58.5. The Kier molecular flexibility index (Phi) is 8.83. The molecule has 1 amide bonds. The van der Waals surface area contributed by atoms with Gasteiger partial charge in [0.05, 0.1) is 29.1 Å². The molecule has 7 rings (SSSR count). The first-order valence-corrected chi connectivity index (χ1v) is 17.0. The molecule has 2 N–H and O–H groups in total. The van der Waals surface area contributed by atoms with E-state index in [-0.39, 0.29) is 76.8 Å². The number of carbonyl (C=O) groups is 1. The number of pyridine rings is 1. The van der Waals surface area contributed by atoms with Crippen LogP contribution in [0.2, 0.25) is 0 Å². The lowest BCUT2D eigenvalue weighted by atomic mass is 9.95. The van der Waals surface area contributed by atoms with Gasteiger partial charge in [0.25, 0.3) is 0 Å². The number of anilines is 1. The summed E-state index contributed by atoms with van der Waals surface area (Å²) in [5, 5.41) is 24.7. The summed E-state index contributed by atoms with van der Waals surface area (Å²) in [4.78, 5) is 29.3. The van der Waals surface area contributed by atoms with Crippen molar-refractivity contribution in [2.75, 3.05) is 37.8 Å². The normalized spacial score (nSPS) is 22.6. The number of terminal acetylenes is 1. The summed E-state index contributed by atoms with van der Waals surface area (Å²) in [6.45, 7) is 6.30. The number of hydrogen-bond donors (Lipinski definition) is 2. The maximum atomic E-state index is 17.0. The van der Waals surface area contributed by atoms with Crippen LogP contribution in [0.3, 0.4) is 0 Å². The van der Waals surface area contributed by atoms with Gasteiger partial charge in [0.2, 0.25) is 0 Å². The number of carbonyl (C=O) groups excluding carboxylic acids is 1. The number of ether oxygens (including phenoxy) is 2. The summed E-state index contributed by atoms with van der Waals surface area (Å²) in [5.41, 5.74) is -2.03. The topological polar surface area (TPSA) is 124 Å². The number of halogens is 3. The number of aliphatic hydroxyl groups excluding tert-OH is 1. The van der Waals surface area contributed by atoms with E-state index in [1.165, 1.54) is 40.5 Å². The number of aromatic nitrogens is 3.